The Morgan fingerprint density at radius 1 is 1.08 bits per heavy atom. The van der Waals surface area contributed by atoms with Crippen LogP contribution in [-0.2, 0) is 14.8 Å². The minimum atomic E-state index is -3.84. The zero-order chi connectivity index (χ0) is 19.2. The molecule has 6 nitrogen and oxygen atoms in total. The molecule has 0 radical (unpaired) electrons. The highest BCUT2D eigenvalue weighted by Gasteiger charge is 2.14. The lowest BCUT2D eigenvalue weighted by Crippen LogP contribution is -2.41. The van der Waals surface area contributed by atoms with E-state index in [-0.39, 0.29) is 11.3 Å². The van der Waals surface area contributed by atoms with E-state index < -0.39 is 15.9 Å². The Bertz CT molecular complexity index is 871. The predicted octanol–water partition coefficient (Wildman–Crippen LogP) is 3.47. The Labute approximate surface area is 162 Å². The maximum Gasteiger partial charge on any atom is 0.257 e. The largest absolute Gasteiger partial charge is 0.493 e. The van der Waals surface area contributed by atoms with Crippen LogP contribution in [0.2, 0.25) is 10.0 Å². The maximum atomic E-state index is 12.0. The van der Waals surface area contributed by atoms with E-state index >= 15 is 0 Å². The fourth-order valence-corrected chi connectivity index (χ4v) is 3.26. The van der Waals surface area contributed by atoms with Crippen molar-refractivity contribution in [3.05, 3.63) is 58.1 Å². The highest BCUT2D eigenvalue weighted by Crippen LogP contribution is 2.21. The molecule has 2 rings (SSSR count). The average Bonchev–Trinajstić information content (AvgIpc) is 2.59. The van der Waals surface area contributed by atoms with Gasteiger partial charge in [0.1, 0.15) is 5.75 Å². The van der Waals surface area contributed by atoms with E-state index in [1.165, 1.54) is 24.3 Å². The third kappa shape index (κ3) is 6.17. The van der Waals surface area contributed by atoms with Gasteiger partial charge in [0.05, 0.1) is 11.5 Å². The average molecular weight is 417 g/mol. The number of rotatable bonds is 8. The van der Waals surface area contributed by atoms with Gasteiger partial charge in [0.25, 0.3) is 10.0 Å². The van der Waals surface area contributed by atoms with E-state index in [0.717, 1.165) is 5.56 Å². The van der Waals surface area contributed by atoms with Crippen molar-refractivity contribution in [3.63, 3.8) is 0 Å². The molecule has 0 heterocycles. The van der Waals surface area contributed by atoms with Crippen LogP contribution in [0.5, 0.6) is 5.75 Å². The van der Waals surface area contributed by atoms with Crippen molar-refractivity contribution < 1.29 is 17.9 Å². The van der Waals surface area contributed by atoms with E-state index in [1.807, 2.05) is 11.8 Å². The molecule has 0 atom stereocenters. The Morgan fingerprint density at radius 2 is 1.73 bits per heavy atom. The topological polar surface area (TPSA) is 84.5 Å². The first-order valence-corrected chi connectivity index (χ1v) is 9.97. The first-order valence-electron chi connectivity index (χ1n) is 7.73. The lowest BCUT2D eigenvalue weighted by Gasteiger charge is -2.10. The van der Waals surface area contributed by atoms with Gasteiger partial charge in [-0.05, 0) is 61.4 Å². The number of benzene rings is 2. The number of carbonyl (C=O) groups excluding carboxylic acids is 1. The molecular weight excluding hydrogens is 399 g/mol. The molecule has 9 heteroatoms. The van der Waals surface area contributed by atoms with Gasteiger partial charge in [0, 0.05) is 16.5 Å². The molecule has 140 valence electrons. The highest BCUT2D eigenvalue weighted by atomic mass is 35.5. The molecule has 26 heavy (non-hydrogen) atoms. The molecule has 0 saturated carbocycles. The number of nitrogens with one attached hydrogen (secondary N) is 2. The molecule has 0 saturated heterocycles. The van der Waals surface area contributed by atoms with Crippen molar-refractivity contribution in [2.45, 2.75) is 24.7 Å². The Hall–Kier alpha value is -1.80. The quantitative estimate of drug-likeness (QED) is 0.509. The lowest BCUT2D eigenvalue weighted by atomic mass is 10.2. The summed E-state index contributed by atoms with van der Waals surface area (Å²) in [5.41, 5.74) is 3.07. The van der Waals surface area contributed by atoms with Gasteiger partial charge in [0.15, 0.2) is 0 Å². The van der Waals surface area contributed by atoms with Gasteiger partial charge in [-0.3, -0.25) is 10.2 Å². The SMILES string of the molecule is Cc1cc(Cl)ccc1OCCCC(=O)NNS(=O)(=O)c1ccc(Cl)cc1. The van der Waals surface area contributed by atoms with E-state index in [1.54, 1.807) is 18.2 Å². The number of halogens is 2. The van der Waals surface area contributed by atoms with E-state index in [2.05, 4.69) is 5.43 Å². The highest BCUT2D eigenvalue weighted by molar-refractivity contribution is 7.89. The molecule has 0 aliphatic carbocycles. The van der Waals surface area contributed by atoms with Crippen molar-refractivity contribution >= 4 is 39.1 Å². The lowest BCUT2D eigenvalue weighted by molar-refractivity contribution is -0.121. The minimum Gasteiger partial charge on any atom is -0.493 e. The van der Waals surface area contributed by atoms with Crippen molar-refractivity contribution in [2.75, 3.05) is 6.61 Å². The van der Waals surface area contributed by atoms with Crippen LogP contribution >= 0.6 is 23.2 Å². The van der Waals surface area contributed by atoms with Gasteiger partial charge < -0.3 is 4.74 Å². The van der Waals surface area contributed by atoms with Gasteiger partial charge in [0.2, 0.25) is 5.91 Å². The molecule has 1 amide bonds. The second-order valence-electron chi connectivity index (χ2n) is 5.47. The molecule has 0 aliphatic rings. The number of ether oxygens (including phenoxy) is 1. The van der Waals surface area contributed by atoms with Crippen LogP contribution in [-0.4, -0.2) is 20.9 Å². The molecule has 2 N–H and O–H groups in total. The van der Waals surface area contributed by atoms with E-state index in [4.69, 9.17) is 27.9 Å². The van der Waals surface area contributed by atoms with Crippen LogP contribution < -0.4 is 15.0 Å². The van der Waals surface area contributed by atoms with E-state index in [9.17, 15) is 13.2 Å². The van der Waals surface area contributed by atoms with Crippen molar-refractivity contribution in [2.24, 2.45) is 0 Å². The Morgan fingerprint density at radius 3 is 2.38 bits per heavy atom. The monoisotopic (exact) mass is 416 g/mol. The van der Waals surface area contributed by atoms with Crippen LogP contribution in [0.25, 0.3) is 0 Å². The summed E-state index contributed by atoms with van der Waals surface area (Å²) < 4.78 is 29.6. The number of sulfonamides is 1. The predicted molar refractivity (Wildman–Crippen MR) is 101 cm³/mol. The second kappa shape index (κ2) is 9.23. The third-order valence-electron chi connectivity index (χ3n) is 3.39. The van der Waals surface area contributed by atoms with Crippen LogP contribution in [0, 0.1) is 6.92 Å². The van der Waals surface area contributed by atoms with Gasteiger partial charge in [-0.2, -0.15) is 0 Å². The first-order chi connectivity index (χ1) is 12.3. The summed E-state index contributed by atoms with van der Waals surface area (Å²) in [4.78, 5) is 13.8. The summed E-state index contributed by atoms with van der Waals surface area (Å²) in [6.45, 7) is 2.19. The van der Waals surface area contributed by atoms with E-state index in [0.29, 0.717) is 28.8 Å². The molecule has 2 aromatic rings. The Balaban J connectivity index is 1.74. The number of carbonyl (C=O) groups is 1. The number of aryl methyl sites for hydroxylation is 1. The van der Waals surface area contributed by atoms with Crippen molar-refractivity contribution in [1.29, 1.82) is 0 Å². The molecule has 0 aliphatic heterocycles. The number of amides is 1. The van der Waals surface area contributed by atoms with Gasteiger partial charge in [-0.25, -0.2) is 8.42 Å². The number of hydrazine groups is 1. The summed E-state index contributed by atoms with van der Waals surface area (Å²) in [5, 5.41) is 1.05. The normalized spacial score (nSPS) is 11.2. The summed E-state index contributed by atoms with van der Waals surface area (Å²) in [7, 11) is -3.84. The van der Waals surface area contributed by atoms with Gasteiger partial charge >= 0.3 is 0 Å². The van der Waals surface area contributed by atoms with Crippen LogP contribution in [0.15, 0.2) is 47.4 Å². The molecule has 0 aromatic heterocycles. The molecule has 0 unspecified atom stereocenters. The zero-order valence-electron chi connectivity index (χ0n) is 14.0. The zero-order valence-corrected chi connectivity index (χ0v) is 16.3. The standard InChI is InChI=1S/C17H18Cl2N2O4S/c1-12-11-14(19)6-9-16(12)25-10-2-3-17(22)20-21-26(23,24)15-7-4-13(18)5-8-15/h4-9,11,21H,2-3,10H2,1H3,(H,20,22). The summed E-state index contributed by atoms with van der Waals surface area (Å²) in [6.07, 6.45) is 0.534. The van der Waals surface area contributed by atoms with Crippen LogP contribution in [0.3, 0.4) is 0 Å². The summed E-state index contributed by atoms with van der Waals surface area (Å²) >= 11 is 11.6. The van der Waals surface area contributed by atoms with Crippen molar-refractivity contribution in [3.8, 4) is 5.75 Å². The summed E-state index contributed by atoms with van der Waals surface area (Å²) in [6, 6.07) is 10.9. The minimum absolute atomic E-state index is 0.00347. The van der Waals surface area contributed by atoms with Gasteiger partial charge in [-0.1, -0.05) is 23.2 Å². The molecule has 0 spiro atoms. The molecule has 2 aromatic carbocycles. The summed E-state index contributed by atoms with van der Waals surface area (Å²) in [5.74, 6) is 0.234. The number of hydrogen-bond acceptors (Lipinski definition) is 4. The molecular formula is C17H18Cl2N2O4S. The Kier molecular flexibility index (Phi) is 7.28. The number of hydrogen-bond donors (Lipinski definition) is 2. The van der Waals surface area contributed by atoms with Crippen LogP contribution in [0.1, 0.15) is 18.4 Å². The third-order valence-corrected chi connectivity index (χ3v) is 5.14. The maximum absolute atomic E-state index is 12.0. The fourth-order valence-electron chi connectivity index (χ4n) is 2.05. The second-order valence-corrected chi connectivity index (χ2v) is 8.02. The smallest absolute Gasteiger partial charge is 0.257 e. The fraction of sp³-hybridized carbons (Fsp3) is 0.235. The first kappa shape index (κ1) is 20.5. The molecule has 0 bridgehead atoms. The van der Waals surface area contributed by atoms with Gasteiger partial charge in [-0.15, -0.1) is 4.83 Å². The molecule has 0 fully saturated rings. The van der Waals surface area contributed by atoms with Crippen LogP contribution in [0.4, 0.5) is 0 Å². The van der Waals surface area contributed by atoms with Crippen molar-refractivity contribution in [1.82, 2.24) is 10.3 Å².